The van der Waals surface area contributed by atoms with Crippen molar-refractivity contribution in [3.05, 3.63) is 46.0 Å². The number of rotatable bonds is 4. The van der Waals surface area contributed by atoms with Gasteiger partial charge in [0.25, 0.3) is 0 Å². The van der Waals surface area contributed by atoms with Gasteiger partial charge in [0.05, 0.1) is 16.9 Å². The number of anilines is 1. The number of nitrogens with zero attached hydrogens (tertiary/aromatic N) is 4. The number of pyridine rings is 2. The molecule has 0 fully saturated rings. The number of aromatic nitrogens is 4. The molecular weight excluding hydrogens is 342 g/mol. The van der Waals surface area contributed by atoms with Crippen LogP contribution in [0.1, 0.15) is 17.0 Å². The van der Waals surface area contributed by atoms with E-state index in [1.807, 2.05) is 23.9 Å². The molecule has 0 amide bonds. The second-order valence-corrected chi connectivity index (χ2v) is 6.25. The lowest BCUT2D eigenvalue weighted by atomic mass is 10.1. The molecule has 1 N–H and O–H groups in total. The zero-order valence-corrected chi connectivity index (χ0v) is 14.5. The lowest BCUT2D eigenvalue weighted by molar-refractivity contribution is 0.730. The monoisotopic (exact) mass is 359 g/mol. The van der Waals surface area contributed by atoms with E-state index in [0.717, 1.165) is 39.9 Å². The Labute approximate surface area is 137 Å². The number of fused-ring (bicyclic) bond motifs is 1. The molecule has 114 valence electrons. The van der Waals surface area contributed by atoms with E-state index in [9.17, 15) is 0 Å². The van der Waals surface area contributed by atoms with Crippen LogP contribution in [0.2, 0.25) is 0 Å². The summed E-state index contributed by atoms with van der Waals surface area (Å²) < 4.78 is 2.87. The van der Waals surface area contributed by atoms with Gasteiger partial charge in [-0.3, -0.25) is 14.6 Å². The third-order valence-corrected chi connectivity index (χ3v) is 4.33. The molecule has 0 aliphatic rings. The summed E-state index contributed by atoms with van der Waals surface area (Å²) >= 11 is 3.43. The predicted octanol–water partition coefficient (Wildman–Crippen LogP) is 3.40. The van der Waals surface area contributed by atoms with Crippen LogP contribution >= 0.6 is 15.9 Å². The smallest absolute Gasteiger partial charge is 0.112 e. The third kappa shape index (κ3) is 2.83. The molecule has 0 aromatic carbocycles. The van der Waals surface area contributed by atoms with E-state index >= 15 is 0 Å². The van der Waals surface area contributed by atoms with Crippen LogP contribution < -0.4 is 5.32 Å². The average Bonchev–Trinajstić information content (AvgIpc) is 2.73. The van der Waals surface area contributed by atoms with Gasteiger partial charge in [-0.05, 0) is 53.9 Å². The van der Waals surface area contributed by atoms with E-state index in [1.165, 1.54) is 11.3 Å². The number of hydrogen-bond acceptors (Lipinski definition) is 4. The van der Waals surface area contributed by atoms with Crippen molar-refractivity contribution in [1.82, 2.24) is 19.7 Å². The second-order valence-electron chi connectivity index (χ2n) is 5.33. The van der Waals surface area contributed by atoms with E-state index in [-0.39, 0.29) is 0 Å². The van der Waals surface area contributed by atoms with E-state index in [1.54, 1.807) is 12.4 Å². The molecule has 0 unspecified atom stereocenters. The first kappa shape index (κ1) is 15.0. The van der Waals surface area contributed by atoms with Crippen molar-refractivity contribution in [3.63, 3.8) is 0 Å². The fourth-order valence-electron chi connectivity index (χ4n) is 2.65. The van der Waals surface area contributed by atoms with E-state index < -0.39 is 0 Å². The Hall–Kier alpha value is -1.95. The molecule has 3 heterocycles. The lowest BCUT2D eigenvalue weighted by Crippen LogP contribution is -2.07. The number of aryl methyl sites for hydroxylation is 2. The Balaban J connectivity index is 1.77. The standard InChI is InChI=1S/C16H18BrN5/c1-10-13(11(2)22(3)21-10)4-6-18-14-5-7-19-15-8-12(17)9-20-16(14)15/h5,7-9H,4,6H2,1-3H3,(H,18,19). The molecule has 5 nitrogen and oxygen atoms in total. The molecule has 0 atom stereocenters. The largest absolute Gasteiger partial charge is 0.383 e. The Morgan fingerprint density at radius 1 is 1.27 bits per heavy atom. The van der Waals surface area contributed by atoms with Crippen molar-refractivity contribution in [2.45, 2.75) is 20.3 Å². The van der Waals surface area contributed by atoms with Gasteiger partial charge < -0.3 is 5.32 Å². The number of nitrogens with one attached hydrogen (secondary N) is 1. The summed E-state index contributed by atoms with van der Waals surface area (Å²) in [5.74, 6) is 0. The number of hydrogen-bond donors (Lipinski definition) is 1. The molecule has 6 heteroatoms. The van der Waals surface area contributed by atoms with Gasteiger partial charge in [-0.25, -0.2) is 0 Å². The van der Waals surface area contributed by atoms with Crippen molar-refractivity contribution in [3.8, 4) is 0 Å². The van der Waals surface area contributed by atoms with E-state index in [2.05, 4.69) is 50.2 Å². The highest BCUT2D eigenvalue weighted by Crippen LogP contribution is 2.22. The highest BCUT2D eigenvalue weighted by atomic mass is 79.9. The SMILES string of the molecule is Cc1nn(C)c(C)c1CCNc1ccnc2cc(Br)cnc12. The zero-order valence-electron chi connectivity index (χ0n) is 12.9. The maximum atomic E-state index is 4.46. The minimum Gasteiger partial charge on any atom is -0.383 e. The minimum atomic E-state index is 0.838. The number of halogens is 1. The molecule has 0 spiro atoms. The van der Waals surface area contributed by atoms with Crippen LogP contribution in [0.3, 0.4) is 0 Å². The summed E-state index contributed by atoms with van der Waals surface area (Å²) in [5.41, 5.74) is 6.42. The van der Waals surface area contributed by atoms with Crippen LogP contribution in [0.5, 0.6) is 0 Å². The Morgan fingerprint density at radius 2 is 2.09 bits per heavy atom. The molecule has 0 radical (unpaired) electrons. The fourth-order valence-corrected chi connectivity index (χ4v) is 2.97. The van der Waals surface area contributed by atoms with Crippen LogP contribution in [0, 0.1) is 13.8 Å². The summed E-state index contributed by atoms with van der Waals surface area (Å²) in [6, 6.07) is 3.94. The normalized spacial score (nSPS) is 11.1. The van der Waals surface area contributed by atoms with Crippen molar-refractivity contribution in [2.24, 2.45) is 7.05 Å². The first-order chi connectivity index (χ1) is 10.6. The molecule has 3 aromatic rings. The van der Waals surface area contributed by atoms with Gasteiger partial charge in [-0.2, -0.15) is 5.10 Å². The van der Waals surface area contributed by atoms with Gasteiger partial charge in [0.1, 0.15) is 5.52 Å². The molecule has 0 aliphatic carbocycles. The van der Waals surface area contributed by atoms with E-state index in [4.69, 9.17) is 0 Å². The highest BCUT2D eigenvalue weighted by molar-refractivity contribution is 9.10. The lowest BCUT2D eigenvalue weighted by Gasteiger charge is -2.09. The van der Waals surface area contributed by atoms with Crippen LogP contribution in [-0.2, 0) is 13.5 Å². The van der Waals surface area contributed by atoms with Crippen LogP contribution in [-0.4, -0.2) is 26.3 Å². The third-order valence-electron chi connectivity index (χ3n) is 3.89. The maximum Gasteiger partial charge on any atom is 0.112 e. The predicted molar refractivity (Wildman–Crippen MR) is 92.1 cm³/mol. The molecule has 0 aliphatic heterocycles. The van der Waals surface area contributed by atoms with Crippen molar-refractivity contribution < 1.29 is 0 Å². The zero-order chi connectivity index (χ0) is 15.7. The molecule has 3 rings (SSSR count). The molecule has 0 saturated heterocycles. The first-order valence-corrected chi connectivity index (χ1v) is 7.99. The summed E-state index contributed by atoms with van der Waals surface area (Å²) in [5, 5.41) is 7.92. The van der Waals surface area contributed by atoms with Gasteiger partial charge in [0, 0.05) is 36.2 Å². The van der Waals surface area contributed by atoms with Crippen molar-refractivity contribution >= 4 is 32.7 Å². The molecule has 0 bridgehead atoms. The Bertz CT molecular complexity index is 825. The molecular formula is C16H18BrN5. The topological polar surface area (TPSA) is 55.6 Å². The minimum absolute atomic E-state index is 0.838. The highest BCUT2D eigenvalue weighted by Gasteiger charge is 2.09. The van der Waals surface area contributed by atoms with Gasteiger partial charge in [-0.1, -0.05) is 0 Å². The molecule has 22 heavy (non-hydrogen) atoms. The van der Waals surface area contributed by atoms with Gasteiger partial charge in [0.2, 0.25) is 0 Å². The quantitative estimate of drug-likeness (QED) is 0.775. The van der Waals surface area contributed by atoms with Crippen molar-refractivity contribution in [1.29, 1.82) is 0 Å². The van der Waals surface area contributed by atoms with Crippen LogP contribution in [0.25, 0.3) is 11.0 Å². The van der Waals surface area contributed by atoms with Gasteiger partial charge in [-0.15, -0.1) is 0 Å². The van der Waals surface area contributed by atoms with Crippen LogP contribution in [0.15, 0.2) is 29.0 Å². The summed E-state index contributed by atoms with van der Waals surface area (Å²) in [6.45, 7) is 5.00. The second kappa shape index (κ2) is 6.04. The fraction of sp³-hybridized carbons (Fsp3) is 0.312. The first-order valence-electron chi connectivity index (χ1n) is 7.19. The molecule has 0 saturated carbocycles. The summed E-state index contributed by atoms with van der Waals surface area (Å²) in [4.78, 5) is 8.81. The summed E-state index contributed by atoms with van der Waals surface area (Å²) in [7, 11) is 1.98. The Kier molecular flexibility index (Phi) is 4.11. The van der Waals surface area contributed by atoms with E-state index in [0.29, 0.717) is 0 Å². The molecule has 3 aromatic heterocycles. The van der Waals surface area contributed by atoms with Gasteiger partial charge in [0.15, 0.2) is 0 Å². The maximum absolute atomic E-state index is 4.46. The van der Waals surface area contributed by atoms with Gasteiger partial charge >= 0.3 is 0 Å². The van der Waals surface area contributed by atoms with Crippen LogP contribution in [0.4, 0.5) is 5.69 Å². The summed E-state index contributed by atoms with van der Waals surface area (Å²) in [6.07, 6.45) is 4.54. The van der Waals surface area contributed by atoms with Crippen molar-refractivity contribution in [2.75, 3.05) is 11.9 Å². The average molecular weight is 360 g/mol. The Morgan fingerprint density at radius 3 is 2.82 bits per heavy atom.